The maximum Gasteiger partial charge on any atom is 0.0897 e. The summed E-state index contributed by atoms with van der Waals surface area (Å²) in [5, 5.41) is 19.0. The fourth-order valence-corrected chi connectivity index (χ4v) is 1.57. The fourth-order valence-electron chi connectivity index (χ4n) is 1.57. The van der Waals surface area contributed by atoms with Gasteiger partial charge in [-0.25, -0.2) is 0 Å². The van der Waals surface area contributed by atoms with Crippen LogP contribution in [-0.4, -0.2) is 46.5 Å². The van der Waals surface area contributed by atoms with Crippen LogP contribution in [0.5, 0.6) is 0 Å². The molecular weight excluding hydrogens is 154 g/mol. The Labute approximate surface area is 74.0 Å². The lowest BCUT2D eigenvalue weighted by Crippen LogP contribution is -2.62. The number of hydrogen-bond donors (Lipinski definition) is 2. The van der Waals surface area contributed by atoms with E-state index in [2.05, 4.69) is 4.90 Å². The molecule has 1 fully saturated rings. The number of aliphatic hydroxyl groups excluding tert-OH is 1. The molecule has 0 saturated carbocycles. The molecule has 72 valence electrons. The highest BCUT2D eigenvalue weighted by Gasteiger charge is 2.39. The van der Waals surface area contributed by atoms with Crippen molar-refractivity contribution < 1.29 is 10.2 Å². The number of hydrogen-bond acceptors (Lipinski definition) is 3. The molecule has 0 aromatic rings. The third-order valence-corrected chi connectivity index (χ3v) is 2.63. The summed E-state index contributed by atoms with van der Waals surface area (Å²) < 4.78 is 0. The lowest BCUT2D eigenvalue weighted by Gasteiger charge is -2.46. The van der Waals surface area contributed by atoms with Crippen molar-refractivity contribution in [3.8, 4) is 0 Å². The largest absolute Gasteiger partial charge is 0.392 e. The molecule has 0 aromatic heterocycles. The van der Waals surface area contributed by atoms with E-state index in [-0.39, 0.29) is 6.10 Å². The van der Waals surface area contributed by atoms with E-state index in [1.54, 1.807) is 0 Å². The van der Waals surface area contributed by atoms with E-state index in [4.69, 9.17) is 0 Å². The first-order valence-electron chi connectivity index (χ1n) is 4.72. The molecule has 1 heterocycles. The molecule has 0 spiro atoms. The molecule has 1 saturated heterocycles. The summed E-state index contributed by atoms with van der Waals surface area (Å²) in [6.45, 7) is 6.12. The molecule has 0 aromatic carbocycles. The molecule has 0 bridgehead atoms. The van der Waals surface area contributed by atoms with Crippen LogP contribution in [0.4, 0.5) is 0 Å². The van der Waals surface area contributed by atoms with Gasteiger partial charge in [-0.2, -0.15) is 0 Å². The fraction of sp³-hybridized carbons (Fsp3) is 1.00. The summed E-state index contributed by atoms with van der Waals surface area (Å²) in [5.74, 6) is 0. The smallest absolute Gasteiger partial charge is 0.0897 e. The normalized spacial score (nSPS) is 25.0. The number of nitrogens with zero attached hydrogens (tertiary/aromatic N) is 1. The summed E-state index contributed by atoms with van der Waals surface area (Å²) in [4.78, 5) is 2.09. The minimum absolute atomic E-state index is 0.230. The Kier molecular flexibility index (Phi) is 3.09. The van der Waals surface area contributed by atoms with Crippen LogP contribution in [0.3, 0.4) is 0 Å². The third kappa shape index (κ3) is 2.19. The topological polar surface area (TPSA) is 43.7 Å². The van der Waals surface area contributed by atoms with Crippen molar-refractivity contribution in [2.24, 2.45) is 0 Å². The van der Waals surface area contributed by atoms with E-state index in [1.807, 2.05) is 13.8 Å². The molecule has 12 heavy (non-hydrogen) atoms. The predicted molar refractivity (Wildman–Crippen MR) is 48.0 cm³/mol. The average Bonchev–Trinajstić information content (AvgIpc) is 2.01. The maximum atomic E-state index is 9.65. The predicted octanol–water partition coefficient (Wildman–Crippen LogP) is 0.214. The van der Waals surface area contributed by atoms with Crippen molar-refractivity contribution >= 4 is 0 Å². The number of aliphatic hydroxyl groups is 2. The zero-order valence-corrected chi connectivity index (χ0v) is 7.95. The summed E-state index contributed by atoms with van der Waals surface area (Å²) >= 11 is 0. The first-order chi connectivity index (χ1) is 5.59. The van der Waals surface area contributed by atoms with E-state index >= 15 is 0 Å². The van der Waals surface area contributed by atoms with Gasteiger partial charge in [-0.05, 0) is 12.8 Å². The van der Waals surface area contributed by atoms with E-state index in [0.29, 0.717) is 6.54 Å². The molecule has 3 heteroatoms. The van der Waals surface area contributed by atoms with Crippen LogP contribution in [0, 0.1) is 0 Å². The Morgan fingerprint density at radius 1 is 1.42 bits per heavy atom. The molecular formula is C9H19NO2. The van der Waals surface area contributed by atoms with Gasteiger partial charge in [0.2, 0.25) is 0 Å². The first kappa shape index (κ1) is 9.96. The van der Waals surface area contributed by atoms with Crippen LogP contribution in [-0.2, 0) is 0 Å². The van der Waals surface area contributed by atoms with Crippen LogP contribution >= 0.6 is 0 Å². The van der Waals surface area contributed by atoms with Gasteiger partial charge in [0, 0.05) is 19.6 Å². The van der Waals surface area contributed by atoms with Crippen molar-refractivity contribution in [3.05, 3.63) is 0 Å². The SMILES string of the molecule is CCC(O)CN1CC(O)(CC)C1. The van der Waals surface area contributed by atoms with Gasteiger partial charge >= 0.3 is 0 Å². The Morgan fingerprint density at radius 3 is 2.42 bits per heavy atom. The zero-order valence-electron chi connectivity index (χ0n) is 7.95. The first-order valence-corrected chi connectivity index (χ1v) is 4.72. The molecule has 3 nitrogen and oxygen atoms in total. The van der Waals surface area contributed by atoms with Gasteiger partial charge in [0.25, 0.3) is 0 Å². The van der Waals surface area contributed by atoms with Gasteiger partial charge in [0.05, 0.1) is 11.7 Å². The summed E-state index contributed by atoms with van der Waals surface area (Å²) in [6.07, 6.45) is 1.37. The maximum absolute atomic E-state index is 9.65. The molecule has 2 N–H and O–H groups in total. The standard InChI is InChI=1S/C9H19NO2/c1-3-8(11)5-10-6-9(12,4-2)7-10/h8,11-12H,3-7H2,1-2H3. The van der Waals surface area contributed by atoms with E-state index in [9.17, 15) is 10.2 Å². The molecule has 0 aliphatic carbocycles. The average molecular weight is 173 g/mol. The monoisotopic (exact) mass is 173 g/mol. The van der Waals surface area contributed by atoms with Crippen LogP contribution < -0.4 is 0 Å². The van der Waals surface area contributed by atoms with Gasteiger partial charge in [0.15, 0.2) is 0 Å². The molecule has 1 unspecified atom stereocenters. The van der Waals surface area contributed by atoms with E-state index < -0.39 is 5.60 Å². The third-order valence-electron chi connectivity index (χ3n) is 2.63. The number of likely N-dealkylation sites (tertiary alicyclic amines) is 1. The Hall–Kier alpha value is -0.120. The lowest BCUT2D eigenvalue weighted by molar-refractivity contribution is -0.110. The molecule has 1 atom stereocenters. The quantitative estimate of drug-likeness (QED) is 0.639. The van der Waals surface area contributed by atoms with Crippen molar-refractivity contribution in [1.29, 1.82) is 0 Å². The lowest BCUT2D eigenvalue weighted by atomic mass is 9.91. The highest BCUT2D eigenvalue weighted by atomic mass is 16.3. The molecule has 0 amide bonds. The van der Waals surface area contributed by atoms with Crippen molar-refractivity contribution in [2.75, 3.05) is 19.6 Å². The highest BCUT2D eigenvalue weighted by Crippen LogP contribution is 2.23. The zero-order chi connectivity index (χ0) is 9.19. The minimum Gasteiger partial charge on any atom is -0.392 e. The summed E-state index contributed by atoms with van der Waals surface area (Å²) in [6, 6.07) is 0. The van der Waals surface area contributed by atoms with Gasteiger partial charge < -0.3 is 10.2 Å². The molecule has 1 rings (SSSR count). The second-order valence-corrected chi connectivity index (χ2v) is 3.81. The Balaban J connectivity index is 2.17. The second-order valence-electron chi connectivity index (χ2n) is 3.81. The Morgan fingerprint density at radius 2 is 2.00 bits per heavy atom. The Bertz CT molecular complexity index is 141. The van der Waals surface area contributed by atoms with Gasteiger partial charge in [-0.3, -0.25) is 4.90 Å². The number of rotatable bonds is 4. The van der Waals surface area contributed by atoms with Crippen molar-refractivity contribution in [2.45, 2.75) is 38.4 Å². The van der Waals surface area contributed by atoms with E-state index in [0.717, 1.165) is 25.9 Å². The summed E-state index contributed by atoms with van der Waals surface area (Å²) in [7, 11) is 0. The second kappa shape index (κ2) is 3.73. The van der Waals surface area contributed by atoms with Crippen LogP contribution in [0.2, 0.25) is 0 Å². The van der Waals surface area contributed by atoms with Crippen LogP contribution in [0.25, 0.3) is 0 Å². The van der Waals surface area contributed by atoms with Crippen LogP contribution in [0.1, 0.15) is 26.7 Å². The minimum atomic E-state index is -0.465. The van der Waals surface area contributed by atoms with Gasteiger partial charge in [-0.1, -0.05) is 13.8 Å². The van der Waals surface area contributed by atoms with E-state index in [1.165, 1.54) is 0 Å². The number of β-amino-alcohol motifs (C(OH)–C–C–N with tert-alkyl or cyclic N) is 2. The highest BCUT2D eigenvalue weighted by molar-refractivity contribution is 4.94. The van der Waals surface area contributed by atoms with Crippen molar-refractivity contribution in [1.82, 2.24) is 4.90 Å². The van der Waals surface area contributed by atoms with Crippen molar-refractivity contribution in [3.63, 3.8) is 0 Å². The molecule has 0 radical (unpaired) electrons. The molecule has 1 aliphatic heterocycles. The van der Waals surface area contributed by atoms with Gasteiger partial charge in [-0.15, -0.1) is 0 Å². The summed E-state index contributed by atoms with van der Waals surface area (Å²) in [5.41, 5.74) is -0.465. The van der Waals surface area contributed by atoms with Gasteiger partial charge in [0.1, 0.15) is 0 Å². The van der Waals surface area contributed by atoms with Crippen LogP contribution in [0.15, 0.2) is 0 Å². The molecule has 1 aliphatic rings.